The number of aliphatic hydroxyl groups is 1. The molecule has 0 saturated carbocycles. The van der Waals surface area contributed by atoms with Gasteiger partial charge in [0.15, 0.2) is 5.82 Å². The largest absolute Gasteiger partial charge is 0.477 e. The Morgan fingerprint density at radius 3 is 2.50 bits per heavy atom. The van der Waals surface area contributed by atoms with Gasteiger partial charge in [-0.15, -0.1) is 0 Å². The van der Waals surface area contributed by atoms with Crippen LogP contribution in [0.15, 0.2) is 12.1 Å². The molecule has 0 aliphatic heterocycles. The molecule has 0 unspecified atom stereocenters. The van der Waals surface area contributed by atoms with Crippen molar-refractivity contribution in [3.63, 3.8) is 0 Å². The molecule has 1 aromatic rings. The highest BCUT2D eigenvalue weighted by Gasteiger charge is 2.24. The number of aromatic carboxylic acids is 1. The highest BCUT2D eigenvalue weighted by atomic mass is 19.1. The van der Waals surface area contributed by atoms with E-state index in [9.17, 15) is 19.3 Å². The summed E-state index contributed by atoms with van der Waals surface area (Å²) in [5.41, 5.74) is -1.62. The van der Waals surface area contributed by atoms with Gasteiger partial charge in [-0.25, -0.2) is 9.18 Å². The molecule has 0 aliphatic carbocycles. The molecule has 1 atom stereocenters. The lowest BCUT2D eigenvalue weighted by molar-refractivity contribution is -0.385. The Hall–Kier alpha value is -2.22. The van der Waals surface area contributed by atoms with Gasteiger partial charge in [0, 0.05) is 0 Å². The van der Waals surface area contributed by atoms with Gasteiger partial charge >= 0.3 is 5.97 Å². The highest BCUT2D eigenvalue weighted by molar-refractivity contribution is 5.93. The molecule has 0 saturated heterocycles. The molecule has 3 N–H and O–H groups in total. The molecule has 110 valence electrons. The topological polar surface area (TPSA) is 113 Å². The van der Waals surface area contributed by atoms with Crippen LogP contribution in [-0.2, 0) is 0 Å². The van der Waals surface area contributed by atoms with Gasteiger partial charge in [-0.1, -0.05) is 13.8 Å². The van der Waals surface area contributed by atoms with Crippen LogP contribution < -0.4 is 5.32 Å². The lowest BCUT2D eigenvalue weighted by atomic mass is 10.0. The van der Waals surface area contributed by atoms with E-state index in [1.54, 1.807) is 13.8 Å². The number of carbonyl (C=O) groups is 1. The van der Waals surface area contributed by atoms with Gasteiger partial charge in [0.2, 0.25) is 0 Å². The lowest BCUT2D eigenvalue weighted by Crippen LogP contribution is -2.30. The third-order valence-electron chi connectivity index (χ3n) is 2.85. The van der Waals surface area contributed by atoms with Gasteiger partial charge in [0.05, 0.1) is 29.3 Å². The van der Waals surface area contributed by atoms with Gasteiger partial charge in [0.25, 0.3) is 5.69 Å². The van der Waals surface area contributed by atoms with Crippen LogP contribution in [0.25, 0.3) is 0 Å². The molecule has 0 amide bonds. The molecule has 7 nitrogen and oxygen atoms in total. The summed E-state index contributed by atoms with van der Waals surface area (Å²) in [6, 6.07) is 0.925. The number of anilines is 1. The molecule has 0 fully saturated rings. The van der Waals surface area contributed by atoms with Gasteiger partial charge in [-0.05, 0) is 12.0 Å². The van der Waals surface area contributed by atoms with Crippen molar-refractivity contribution < 1.29 is 24.3 Å². The fourth-order valence-electron chi connectivity index (χ4n) is 1.62. The van der Waals surface area contributed by atoms with Crippen LogP contribution in [0.1, 0.15) is 24.2 Å². The van der Waals surface area contributed by atoms with Crippen molar-refractivity contribution in [1.82, 2.24) is 0 Å². The first-order chi connectivity index (χ1) is 9.27. The van der Waals surface area contributed by atoms with Gasteiger partial charge in [-0.3, -0.25) is 10.1 Å². The van der Waals surface area contributed by atoms with Crippen LogP contribution in [0.4, 0.5) is 15.8 Å². The first kappa shape index (κ1) is 15.8. The third kappa shape index (κ3) is 3.41. The summed E-state index contributed by atoms with van der Waals surface area (Å²) in [5.74, 6) is -2.51. The number of hydrogen-bond donors (Lipinski definition) is 3. The summed E-state index contributed by atoms with van der Waals surface area (Å²) in [6.45, 7) is 3.29. The van der Waals surface area contributed by atoms with E-state index < -0.39 is 34.0 Å². The second-order valence-electron chi connectivity index (χ2n) is 4.59. The Morgan fingerprint density at radius 2 is 2.10 bits per heavy atom. The molecule has 0 spiro atoms. The minimum absolute atomic E-state index is 0.0390. The number of halogens is 1. The molecule has 0 bridgehead atoms. The smallest absolute Gasteiger partial charge is 0.342 e. The van der Waals surface area contributed by atoms with Crippen molar-refractivity contribution >= 4 is 17.3 Å². The first-order valence-corrected chi connectivity index (χ1v) is 5.86. The summed E-state index contributed by atoms with van der Waals surface area (Å²) in [4.78, 5) is 20.7. The van der Waals surface area contributed by atoms with Gasteiger partial charge < -0.3 is 15.5 Å². The maximum Gasteiger partial charge on any atom is 0.342 e. The molecule has 1 aromatic carbocycles. The van der Waals surface area contributed by atoms with Crippen molar-refractivity contribution in [1.29, 1.82) is 0 Å². The zero-order valence-electron chi connectivity index (χ0n) is 11.0. The van der Waals surface area contributed by atoms with Gasteiger partial charge in [-0.2, -0.15) is 0 Å². The number of rotatable bonds is 6. The van der Waals surface area contributed by atoms with E-state index in [-0.39, 0.29) is 18.2 Å². The number of hydrogen-bond acceptors (Lipinski definition) is 5. The summed E-state index contributed by atoms with van der Waals surface area (Å²) in [7, 11) is 0. The number of carboxylic acids is 1. The number of benzene rings is 1. The molecular formula is C12H15FN2O5. The number of nitrogens with zero attached hydrogens (tertiary/aromatic N) is 1. The van der Waals surface area contributed by atoms with E-state index in [0.717, 1.165) is 6.07 Å². The molecule has 1 rings (SSSR count). The normalized spacial score (nSPS) is 12.2. The summed E-state index contributed by atoms with van der Waals surface area (Å²) in [6.07, 6.45) is 0. The van der Waals surface area contributed by atoms with Crippen molar-refractivity contribution in [2.24, 2.45) is 5.92 Å². The minimum atomic E-state index is -1.52. The number of nitro groups is 1. The molecule has 0 aromatic heterocycles. The monoisotopic (exact) mass is 286 g/mol. The average molecular weight is 286 g/mol. The van der Waals surface area contributed by atoms with E-state index in [1.807, 2.05) is 0 Å². The number of aliphatic hydroxyl groups excluding tert-OH is 1. The average Bonchev–Trinajstić information content (AvgIpc) is 2.35. The summed E-state index contributed by atoms with van der Waals surface area (Å²) < 4.78 is 13.8. The van der Waals surface area contributed by atoms with Crippen LogP contribution in [0, 0.1) is 21.8 Å². The first-order valence-electron chi connectivity index (χ1n) is 5.86. The second kappa shape index (κ2) is 6.29. The minimum Gasteiger partial charge on any atom is -0.477 e. The van der Waals surface area contributed by atoms with Crippen LogP contribution in [0.5, 0.6) is 0 Å². The number of nitro benzene ring substituents is 1. The molecule has 20 heavy (non-hydrogen) atoms. The van der Waals surface area contributed by atoms with Crippen LogP contribution in [0.3, 0.4) is 0 Å². The summed E-state index contributed by atoms with van der Waals surface area (Å²) in [5, 5.41) is 31.4. The van der Waals surface area contributed by atoms with E-state index in [2.05, 4.69) is 5.32 Å². The van der Waals surface area contributed by atoms with Crippen molar-refractivity contribution in [2.45, 2.75) is 19.9 Å². The molecule has 0 heterocycles. The molecule has 0 radical (unpaired) electrons. The zero-order chi connectivity index (χ0) is 15.4. The third-order valence-corrected chi connectivity index (χ3v) is 2.85. The zero-order valence-corrected chi connectivity index (χ0v) is 11.0. The summed E-state index contributed by atoms with van der Waals surface area (Å²) >= 11 is 0. The van der Waals surface area contributed by atoms with Crippen molar-refractivity contribution in [2.75, 3.05) is 11.9 Å². The quantitative estimate of drug-likeness (QED) is 0.543. The van der Waals surface area contributed by atoms with Crippen LogP contribution >= 0.6 is 0 Å². The fraction of sp³-hybridized carbons (Fsp3) is 0.417. The maximum atomic E-state index is 13.8. The Morgan fingerprint density at radius 1 is 1.50 bits per heavy atom. The van der Waals surface area contributed by atoms with E-state index in [4.69, 9.17) is 10.2 Å². The van der Waals surface area contributed by atoms with Crippen LogP contribution in [-0.4, -0.2) is 33.8 Å². The van der Waals surface area contributed by atoms with E-state index >= 15 is 0 Å². The van der Waals surface area contributed by atoms with Crippen molar-refractivity contribution in [3.8, 4) is 0 Å². The number of nitrogens with one attached hydrogen (secondary N) is 1. The van der Waals surface area contributed by atoms with Crippen LogP contribution in [0.2, 0.25) is 0 Å². The Labute approximate surface area is 114 Å². The number of carboxylic acid groups (broad SMARTS) is 1. The Kier molecular flexibility index (Phi) is 4.98. The van der Waals surface area contributed by atoms with Gasteiger partial charge in [0.1, 0.15) is 5.56 Å². The Bertz CT molecular complexity index is 533. The molecule has 0 aliphatic rings. The lowest BCUT2D eigenvalue weighted by Gasteiger charge is -2.21. The fourth-order valence-corrected chi connectivity index (χ4v) is 1.62. The highest BCUT2D eigenvalue weighted by Crippen LogP contribution is 2.27. The van der Waals surface area contributed by atoms with E-state index in [1.165, 1.54) is 0 Å². The Balaban J connectivity index is 3.25. The SMILES string of the molecule is CC(C)[C@@H](CO)Nc1cc(C(=O)O)c([N+](=O)[O-])cc1F. The van der Waals surface area contributed by atoms with E-state index in [0.29, 0.717) is 6.07 Å². The molecule has 8 heteroatoms. The standard InChI is InChI=1S/C12H15FN2O5/c1-6(2)10(5-16)14-9-3-7(12(17)18)11(15(19)20)4-8(9)13/h3-4,6,10,14,16H,5H2,1-2H3,(H,17,18)/t10-/m1/s1. The van der Waals surface area contributed by atoms with Crippen molar-refractivity contribution in [3.05, 3.63) is 33.6 Å². The predicted molar refractivity (Wildman–Crippen MR) is 69.3 cm³/mol. The maximum absolute atomic E-state index is 13.8. The molecular weight excluding hydrogens is 271 g/mol. The predicted octanol–water partition coefficient (Wildman–Crippen LogP) is 1.86. The second-order valence-corrected chi connectivity index (χ2v) is 4.59.